The summed E-state index contributed by atoms with van der Waals surface area (Å²) in [7, 11) is 0. The van der Waals surface area contributed by atoms with Crippen LogP contribution in [-0.4, -0.2) is 35.1 Å². The van der Waals surface area contributed by atoms with E-state index >= 15 is 0 Å². The lowest BCUT2D eigenvalue weighted by Crippen LogP contribution is -2.47. The van der Waals surface area contributed by atoms with E-state index in [4.69, 9.17) is 9.29 Å². The van der Waals surface area contributed by atoms with Gasteiger partial charge in [-0.2, -0.15) is 0 Å². The Morgan fingerprint density at radius 1 is 1.15 bits per heavy atom. The van der Waals surface area contributed by atoms with E-state index in [0.29, 0.717) is 4.90 Å². The van der Waals surface area contributed by atoms with Gasteiger partial charge in [-0.15, -0.1) is 0 Å². The molecule has 1 atom stereocenters. The number of ether oxygens (including phenoxy) is 1. The van der Waals surface area contributed by atoms with Crippen LogP contribution in [0.1, 0.15) is 18.4 Å². The molecule has 20 heavy (non-hydrogen) atoms. The first-order valence-corrected chi connectivity index (χ1v) is 8.23. The molecule has 0 amide bonds. The summed E-state index contributed by atoms with van der Waals surface area (Å²) >= 11 is -1.84. The highest BCUT2D eigenvalue weighted by molar-refractivity contribution is 7.79. The second kappa shape index (κ2) is 7.88. The van der Waals surface area contributed by atoms with E-state index in [9.17, 15) is 4.21 Å². The highest BCUT2D eigenvalue weighted by Gasteiger charge is 2.27. The van der Waals surface area contributed by atoms with Gasteiger partial charge in [-0.3, -0.25) is 0 Å². The Morgan fingerprint density at radius 2 is 1.75 bits per heavy atom. The van der Waals surface area contributed by atoms with Crippen molar-refractivity contribution in [3.8, 4) is 0 Å². The van der Waals surface area contributed by atoms with Crippen molar-refractivity contribution in [2.24, 2.45) is 11.8 Å². The molecule has 1 aromatic carbocycles. The summed E-state index contributed by atoms with van der Waals surface area (Å²) in [5, 5.41) is 3.32. The second-order valence-corrected chi connectivity index (χ2v) is 6.40. The van der Waals surface area contributed by atoms with Crippen LogP contribution in [0, 0.1) is 18.8 Å². The van der Waals surface area contributed by atoms with E-state index in [2.05, 4.69) is 5.32 Å². The monoisotopic (exact) mass is 297 g/mol. The highest BCUT2D eigenvalue weighted by Crippen LogP contribution is 2.25. The van der Waals surface area contributed by atoms with Crippen molar-refractivity contribution < 1.29 is 13.5 Å². The Morgan fingerprint density at radius 3 is 2.20 bits per heavy atom. The van der Waals surface area contributed by atoms with Gasteiger partial charge in [0.2, 0.25) is 0 Å². The van der Waals surface area contributed by atoms with Gasteiger partial charge in [0.1, 0.15) is 0 Å². The normalized spacial score (nSPS) is 21.5. The topological polar surface area (TPSA) is 58.6 Å². The van der Waals surface area contributed by atoms with E-state index in [-0.39, 0.29) is 0 Å². The maximum Gasteiger partial charge on any atom is 0.186 e. The Balaban J connectivity index is 0.000000147. The smallest absolute Gasteiger partial charge is 0.186 e. The average molecular weight is 297 g/mol. The largest absolute Gasteiger partial charge is 0.381 e. The molecule has 2 aliphatic rings. The molecule has 0 bridgehead atoms. The van der Waals surface area contributed by atoms with Gasteiger partial charge in [-0.1, -0.05) is 17.7 Å². The van der Waals surface area contributed by atoms with Gasteiger partial charge in [-0.25, -0.2) is 4.21 Å². The van der Waals surface area contributed by atoms with Gasteiger partial charge in [0.05, 0.1) is 4.90 Å². The van der Waals surface area contributed by atoms with Crippen LogP contribution in [0.4, 0.5) is 0 Å². The molecule has 2 heterocycles. The zero-order chi connectivity index (χ0) is 14.4. The molecule has 2 N–H and O–H groups in total. The van der Waals surface area contributed by atoms with Gasteiger partial charge < -0.3 is 14.6 Å². The van der Waals surface area contributed by atoms with Crippen LogP contribution in [0.2, 0.25) is 0 Å². The number of aryl methyl sites for hydroxylation is 1. The lowest BCUT2D eigenvalue weighted by Gasteiger charge is -2.36. The first-order chi connectivity index (χ1) is 9.66. The molecular weight excluding hydrogens is 274 g/mol. The number of nitrogens with one attached hydrogen (secondary N) is 1. The maximum absolute atomic E-state index is 10.4. The summed E-state index contributed by atoms with van der Waals surface area (Å²) in [5.74, 6) is 1.94. The molecule has 5 heteroatoms. The number of rotatable bonds is 2. The predicted molar refractivity (Wildman–Crippen MR) is 80.1 cm³/mol. The first kappa shape index (κ1) is 15.6. The van der Waals surface area contributed by atoms with Crippen molar-refractivity contribution in [1.29, 1.82) is 0 Å². The summed E-state index contributed by atoms with van der Waals surface area (Å²) in [4.78, 5) is 0.450. The van der Waals surface area contributed by atoms with Crippen molar-refractivity contribution in [3.63, 3.8) is 0 Å². The molecule has 0 radical (unpaired) electrons. The standard InChI is InChI=1S/C8H15NO.C7H8O2S/c1-3-10-4-2-7(1)8-5-9-6-8;1-6-2-4-7(5-3-6)10(8)9/h7-9H,1-6H2;2-5H,1H3,(H,8,9). The molecule has 4 nitrogen and oxygen atoms in total. The Bertz CT molecular complexity index is 425. The van der Waals surface area contributed by atoms with Crippen LogP contribution >= 0.6 is 0 Å². The molecule has 1 aromatic rings. The molecular formula is C15H23NO3S. The summed E-state index contributed by atoms with van der Waals surface area (Å²) in [5.41, 5.74) is 1.09. The van der Waals surface area contributed by atoms with Crippen LogP contribution in [0.15, 0.2) is 29.2 Å². The Labute approximate surface area is 123 Å². The lowest BCUT2D eigenvalue weighted by atomic mass is 9.82. The number of hydrogen-bond acceptors (Lipinski definition) is 3. The average Bonchev–Trinajstić information content (AvgIpc) is 2.39. The maximum atomic E-state index is 10.4. The summed E-state index contributed by atoms with van der Waals surface area (Å²) < 4.78 is 24.3. The van der Waals surface area contributed by atoms with Gasteiger partial charge >= 0.3 is 0 Å². The van der Waals surface area contributed by atoms with Crippen molar-refractivity contribution in [3.05, 3.63) is 29.8 Å². The minimum absolute atomic E-state index is 0.450. The highest BCUT2D eigenvalue weighted by atomic mass is 32.2. The summed E-state index contributed by atoms with van der Waals surface area (Å²) in [6, 6.07) is 6.91. The van der Waals surface area contributed by atoms with E-state index in [1.807, 2.05) is 19.1 Å². The summed E-state index contributed by atoms with van der Waals surface area (Å²) in [6.07, 6.45) is 2.60. The fraction of sp³-hybridized carbons (Fsp3) is 0.600. The molecule has 0 aromatic heterocycles. The van der Waals surface area contributed by atoms with E-state index < -0.39 is 11.1 Å². The Kier molecular flexibility index (Phi) is 6.16. The van der Waals surface area contributed by atoms with Crippen molar-refractivity contribution in [2.45, 2.75) is 24.7 Å². The first-order valence-electron chi connectivity index (χ1n) is 7.13. The Hall–Kier alpha value is -0.750. The lowest BCUT2D eigenvalue weighted by molar-refractivity contribution is 0.0359. The predicted octanol–water partition coefficient (Wildman–Crippen LogP) is 2.21. The van der Waals surface area contributed by atoms with Crippen LogP contribution in [0.25, 0.3) is 0 Å². The van der Waals surface area contributed by atoms with E-state index in [1.54, 1.807) is 12.1 Å². The fourth-order valence-corrected chi connectivity index (χ4v) is 2.86. The summed E-state index contributed by atoms with van der Waals surface area (Å²) in [6.45, 7) is 6.45. The van der Waals surface area contributed by atoms with Crippen molar-refractivity contribution in [1.82, 2.24) is 5.32 Å². The van der Waals surface area contributed by atoms with Gasteiger partial charge in [0.15, 0.2) is 11.1 Å². The zero-order valence-electron chi connectivity index (χ0n) is 11.9. The number of hydrogen-bond donors (Lipinski definition) is 2. The molecule has 2 fully saturated rings. The minimum atomic E-state index is -1.84. The molecule has 112 valence electrons. The molecule has 3 rings (SSSR count). The van der Waals surface area contributed by atoms with Crippen LogP contribution in [-0.2, 0) is 15.8 Å². The SMILES string of the molecule is C1CC(C2CNC2)CCO1.Cc1ccc(S(=O)O)cc1. The molecule has 0 spiro atoms. The third-order valence-corrected chi connectivity index (χ3v) is 4.64. The zero-order valence-corrected chi connectivity index (χ0v) is 12.7. The fourth-order valence-electron chi connectivity index (χ4n) is 2.49. The van der Waals surface area contributed by atoms with Crippen LogP contribution < -0.4 is 5.32 Å². The minimum Gasteiger partial charge on any atom is -0.381 e. The van der Waals surface area contributed by atoms with Crippen LogP contribution in [0.5, 0.6) is 0 Å². The van der Waals surface area contributed by atoms with Gasteiger partial charge in [0, 0.05) is 13.2 Å². The quantitative estimate of drug-likeness (QED) is 0.822. The van der Waals surface area contributed by atoms with Crippen LogP contribution in [0.3, 0.4) is 0 Å². The molecule has 0 aliphatic carbocycles. The third-order valence-electron chi connectivity index (χ3n) is 3.97. The van der Waals surface area contributed by atoms with E-state index in [0.717, 1.165) is 30.6 Å². The molecule has 2 aliphatic heterocycles. The van der Waals surface area contributed by atoms with Gasteiger partial charge in [0.25, 0.3) is 0 Å². The second-order valence-electron chi connectivity index (χ2n) is 5.43. The third kappa shape index (κ3) is 4.66. The van der Waals surface area contributed by atoms with Crippen molar-refractivity contribution in [2.75, 3.05) is 26.3 Å². The molecule has 2 saturated heterocycles. The van der Waals surface area contributed by atoms with Gasteiger partial charge in [-0.05, 0) is 56.8 Å². The molecule has 1 unspecified atom stereocenters. The molecule has 0 saturated carbocycles. The van der Waals surface area contributed by atoms with Crippen molar-refractivity contribution >= 4 is 11.1 Å². The van der Waals surface area contributed by atoms with E-state index in [1.165, 1.54) is 25.9 Å². The number of benzene rings is 1.